The molecule has 2 aromatic carbocycles. The largest absolute Gasteiger partial charge is 0.353 e. The Labute approximate surface area is 204 Å². The molecule has 6 rings (SSSR count). The van der Waals surface area contributed by atoms with Crippen LogP contribution in [0.3, 0.4) is 0 Å². The first-order valence-electron chi connectivity index (χ1n) is 12.2. The smallest absolute Gasteiger partial charge is 0.234 e. The number of benzene rings is 2. The van der Waals surface area contributed by atoms with Crippen LogP contribution in [0.15, 0.2) is 83.5 Å². The van der Waals surface area contributed by atoms with E-state index in [1.165, 1.54) is 0 Å². The van der Waals surface area contributed by atoms with Crippen molar-refractivity contribution in [3.63, 3.8) is 0 Å². The summed E-state index contributed by atoms with van der Waals surface area (Å²) in [6.45, 7) is 2.80. The third-order valence-electron chi connectivity index (χ3n) is 6.80. The Bertz CT molecular complexity index is 1240. The molecule has 176 valence electrons. The molecule has 1 saturated heterocycles. The summed E-state index contributed by atoms with van der Waals surface area (Å²) < 4.78 is 5.37. The van der Waals surface area contributed by atoms with Gasteiger partial charge >= 0.3 is 0 Å². The van der Waals surface area contributed by atoms with Crippen molar-refractivity contribution in [1.29, 1.82) is 0 Å². The van der Waals surface area contributed by atoms with Gasteiger partial charge in [-0.2, -0.15) is 4.98 Å². The molecule has 35 heavy (non-hydrogen) atoms. The number of hydrogen-bond donors (Lipinski definition) is 0. The summed E-state index contributed by atoms with van der Waals surface area (Å²) >= 11 is 0. The van der Waals surface area contributed by atoms with E-state index in [0.717, 1.165) is 54.3 Å². The van der Waals surface area contributed by atoms with Crippen molar-refractivity contribution in [3.8, 4) is 11.4 Å². The quantitative estimate of drug-likeness (QED) is 0.418. The fourth-order valence-electron chi connectivity index (χ4n) is 4.66. The normalized spacial score (nSPS) is 16.0. The minimum atomic E-state index is -0.295. The summed E-state index contributed by atoms with van der Waals surface area (Å²) in [6, 6.07) is 24.1. The molecule has 1 amide bonds. The molecule has 0 spiro atoms. The predicted molar refractivity (Wildman–Crippen MR) is 133 cm³/mol. The lowest BCUT2D eigenvalue weighted by molar-refractivity contribution is -0.132. The van der Waals surface area contributed by atoms with Crippen LogP contribution in [0.4, 0.5) is 5.82 Å². The minimum absolute atomic E-state index is 0.147. The van der Waals surface area contributed by atoms with Crippen LogP contribution in [-0.4, -0.2) is 52.1 Å². The first-order chi connectivity index (χ1) is 17.3. The Morgan fingerprint density at radius 1 is 0.857 bits per heavy atom. The number of aromatic nitrogens is 3. The summed E-state index contributed by atoms with van der Waals surface area (Å²) in [5.41, 5.74) is 2.90. The van der Waals surface area contributed by atoms with Crippen LogP contribution >= 0.6 is 0 Å². The third-order valence-corrected chi connectivity index (χ3v) is 6.80. The maximum absolute atomic E-state index is 13.7. The topological polar surface area (TPSA) is 75.4 Å². The Morgan fingerprint density at radius 3 is 2.09 bits per heavy atom. The zero-order chi connectivity index (χ0) is 23.6. The molecule has 0 bridgehead atoms. The second-order valence-corrected chi connectivity index (χ2v) is 9.20. The molecule has 2 aromatic heterocycles. The van der Waals surface area contributed by atoms with Crippen LogP contribution in [0.25, 0.3) is 11.4 Å². The van der Waals surface area contributed by atoms with Gasteiger partial charge in [0, 0.05) is 43.9 Å². The van der Waals surface area contributed by atoms with E-state index >= 15 is 0 Å². The number of carbonyl (C=O) groups excluding carboxylic acids is 1. The fourth-order valence-corrected chi connectivity index (χ4v) is 4.66. The number of amides is 1. The molecule has 3 heterocycles. The van der Waals surface area contributed by atoms with Gasteiger partial charge in [-0.3, -0.25) is 4.79 Å². The molecule has 7 nitrogen and oxygen atoms in total. The minimum Gasteiger partial charge on any atom is -0.353 e. The first kappa shape index (κ1) is 21.5. The van der Waals surface area contributed by atoms with Gasteiger partial charge in [0.15, 0.2) is 0 Å². The van der Waals surface area contributed by atoms with E-state index < -0.39 is 0 Å². The van der Waals surface area contributed by atoms with Gasteiger partial charge in [-0.05, 0) is 36.1 Å². The number of carbonyl (C=O) groups is 1. The molecule has 7 heteroatoms. The van der Waals surface area contributed by atoms with Crippen LogP contribution in [0, 0.1) is 0 Å². The molecule has 2 aliphatic rings. The second kappa shape index (κ2) is 9.33. The molecule has 0 N–H and O–H groups in total. The van der Waals surface area contributed by atoms with E-state index in [2.05, 4.69) is 20.0 Å². The molecule has 1 saturated carbocycles. The van der Waals surface area contributed by atoms with Crippen molar-refractivity contribution >= 4 is 11.7 Å². The molecule has 4 aromatic rings. The number of nitrogens with zero attached hydrogens (tertiary/aromatic N) is 5. The maximum Gasteiger partial charge on any atom is 0.234 e. The van der Waals surface area contributed by atoms with Crippen molar-refractivity contribution in [2.45, 2.75) is 24.7 Å². The molecule has 2 fully saturated rings. The Morgan fingerprint density at radius 2 is 1.51 bits per heavy atom. The van der Waals surface area contributed by atoms with Crippen LogP contribution in [0.1, 0.15) is 41.7 Å². The van der Waals surface area contributed by atoms with Crippen molar-refractivity contribution in [2.75, 3.05) is 31.1 Å². The van der Waals surface area contributed by atoms with Gasteiger partial charge in [0.1, 0.15) is 5.82 Å². The monoisotopic (exact) mass is 465 g/mol. The lowest BCUT2D eigenvalue weighted by atomic mass is 9.90. The van der Waals surface area contributed by atoms with E-state index in [-0.39, 0.29) is 11.8 Å². The number of hydrogen-bond acceptors (Lipinski definition) is 6. The van der Waals surface area contributed by atoms with Crippen molar-refractivity contribution in [3.05, 3.63) is 96.0 Å². The molecular weight excluding hydrogens is 438 g/mol. The average molecular weight is 466 g/mol. The highest BCUT2D eigenvalue weighted by molar-refractivity contribution is 5.87. The van der Waals surface area contributed by atoms with Gasteiger partial charge in [-0.1, -0.05) is 65.8 Å². The zero-order valence-corrected chi connectivity index (χ0v) is 19.5. The number of rotatable bonds is 6. The summed E-state index contributed by atoms with van der Waals surface area (Å²) in [5, 5.41) is 4.10. The van der Waals surface area contributed by atoms with E-state index in [0.29, 0.717) is 24.8 Å². The molecular formula is C28H27N5O2. The summed E-state index contributed by atoms with van der Waals surface area (Å²) in [6.07, 6.45) is 4.06. The standard InChI is InChI=1S/C28H27N5O2/c34-28(25(20-7-3-1-4-8-20)21-9-5-2-6-10-21)33-17-15-32(16-18-33)24-14-13-23(19-29-24)26-30-27(35-31-26)22-11-12-22/h1-10,13-14,19,22,25H,11-12,15-18H2. The molecule has 0 unspecified atom stereocenters. The summed E-state index contributed by atoms with van der Waals surface area (Å²) in [5.74, 6) is 2.51. The summed E-state index contributed by atoms with van der Waals surface area (Å²) in [4.78, 5) is 27.0. The molecule has 0 radical (unpaired) electrons. The summed E-state index contributed by atoms with van der Waals surface area (Å²) in [7, 11) is 0. The lowest BCUT2D eigenvalue weighted by Gasteiger charge is -2.37. The van der Waals surface area contributed by atoms with E-state index in [1.54, 1.807) is 6.20 Å². The highest BCUT2D eigenvalue weighted by atomic mass is 16.5. The maximum atomic E-state index is 13.7. The van der Waals surface area contributed by atoms with Gasteiger partial charge < -0.3 is 14.3 Å². The molecule has 1 aliphatic heterocycles. The highest BCUT2D eigenvalue weighted by Crippen LogP contribution is 2.39. The van der Waals surface area contributed by atoms with E-state index in [4.69, 9.17) is 4.52 Å². The van der Waals surface area contributed by atoms with Crippen molar-refractivity contribution in [1.82, 2.24) is 20.0 Å². The number of piperazine rings is 1. The Hall–Kier alpha value is -4.00. The van der Waals surface area contributed by atoms with Gasteiger partial charge in [-0.25, -0.2) is 4.98 Å². The predicted octanol–water partition coefficient (Wildman–Crippen LogP) is 4.49. The first-order valence-corrected chi connectivity index (χ1v) is 12.2. The van der Waals surface area contributed by atoms with Gasteiger partial charge in [0.05, 0.1) is 5.92 Å². The molecule has 1 aliphatic carbocycles. The molecule has 0 atom stereocenters. The van der Waals surface area contributed by atoms with Crippen LogP contribution < -0.4 is 4.90 Å². The Balaban J connectivity index is 1.13. The number of anilines is 1. The van der Waals surface area contributed by atoms with Crippen LogP contribution in [0.5, 0.6) is 0 Å². The lowest BCUT2D eigenvalue weighted by Crippen LogP contribution is -2.50. The SMILES string of the molecule is O=C(C(c1ccccc1)c1ccccc1)N1CCN(c2ccc(-c3noc(C4CC4)n3)cn2)CC1. The zero-order valence-electron chi connectivity index (χ0n) is 19.5. The van der Waals surface area contributed by atoms with Crippen molar-refractivity contribution < 1.29 is 9.32 Å². The van der Waals surface area contributed by atoms with Crippen LogP contribution in [0.2, 0.25) is 0 Å². The van der Waals surface area contributed by atoms with Gasteiger partial charge in [0.25, 0.3) is 0 Å². The average Bonchev–Trinajstić information content (AvgIpc) is 3.66. The van der Waals surface area contributed by atoms with Crippen molar-refractivity contribution in [2.24, 2.45) is 0 Å². The second-order valence-electron chi connectivity index (χ2n) is 9.20. The fraction of sp³-hybridized carbons (Fsp3) is 0.286. The van der Waals surface area contributed by atoms with Crippen LogP contribution in [-0.2, 0) is 4.79 Å². The van der Waals surface area contributed by atoms with E-state index in [9.17, 15) is 4.79 Å². The Kier molecular flexibility index (Phi) is 5.74. The third kappa shape index (κ3) is 4.54. The van der Waals surface area contributed by atoms with Gasteiger partial charge in [-0.15, -0.1) is 0 Å². The highest BCUT2D eigenvalue weighted by Gasteiger charge is 2.31. The van der Waals surface area contributed by atoms with E-state index in [1.807, 2.05) is 77.7 Å². The van der Waals surface area contributed by atoms with Gasteiger partial charge in [0.2, 0.25) is 17.6 Å². The number of pyridine rings is 1.